The van der Waals surface area contributed by atoms with Crippen LogP contribution in [0.3, 0.4) is 0 Å². The largest absolute Gasteiger partial charge is 0.357 e. The van der Waals surface area contributed by atoms with Crippen molar-refractivity contribution in [3.8, 4) is 12.3 Å². The molecule has 1 aromatic carbocycles. The SMILES string of the molecule is C#Cc1ccc2[nH]c(S(=O)(=O)N3CCN(C(=O)N4CCC5C(=N4)SC(C)N5C)C(C(=O)NC)C3)cc2c1. The molecule has 0 saturated carbocycles. The Hall–Kier alpha value is -3.05. The van der Waals surface area contributed by atoms with Crippen LogP contribution in [-0.2, 0) is 14.8 Å². The van der Waals surface area contributed by atoms with Crippen molar-refractivity contribution < 1.29 is 18.0 Å². The number of sulfonamides is 1. The molecule has 5 rings (SSSR count). The van der Waals surface area contributed by atoms with E-state index in [-0.39, 0.29) is 36.1 Å². The summed E-state index contributed by atoms with van der Waals surface area (Å²) in [5.41, 5.74) is 1.29. The van der Waals surface area contributed by atoms with E-state index in [1.54, 1.807) is 30.0 Å². The Morgan fingerprint density at radius 3 is 2.76 bits per heavy atom. The highest BCUT2D eigenvalue weighted by molar-refractivity contribution is 8.14. The number of urea groups is 1. The van der Waals surface area contributed by atoms with Gasteiger partial charge in [-0.15, -0.1) is 6.42 Å². The summed E-state index contributed by atoms with van der Waals surface area (Å²) in [6.07, 6.45) is 6.21. The number of amides is 3. The number of likely N-dealkylation sites (N-methyl/N-ethyl adjacent to an activating group) is 1. The number of nitrogens with zero attached hydrogens (tertiary/aromatic N) is 5. The van der Waals surface area contributed by atoms with Gasteiger partial charge in [-0.1, -0.05) is 17.7 Å². The molecule has 2 fully saturated rings. The topological polar surface area (TPSA) is 121 Å². The molecule has 3 atom stereocenters. The molecule has 3 aliphatic rings. The lowest BCUT2D eigenvalue weighted by Gasteiger charge is -2.41. The summed E-state index contributed by atoms with van der Waals surface area (Å²) in [7, 11) is -0.442. The van der Waals surface area contributed by atoms with Crippen molar-refractivity contribution in [3.05, 3.63) is 29.8 Å². The van der Waals surface area contributed by atoms with Crippen LogP contribution in [0.2, 0.25) is 0 Å². The lowest BCUT2D eigenvalue weighted by atomic mass is 10.1. The van der Waals surface area contributed by atoms with E-state index >= 15 is 0 Å². The minimum atomic E-state index is -3.96. The van der Waals surface area contributed by atoms with Crippen LogP contribution in [0, 0.1) is 12.3 Å². The Balaban J connectivity index is 1.38. The van der Waals surface area contributed by atoms with Gasteiger partial charge in [0, 0.05) is 49.7 Å². The van der Waals surface area contributed by atoms with E-state index < -0.39 is 28.0 Å². The first-order chi connectivity index (χ1) is 17.6. The molecular weight excluding hydrogens is 514 g/mol. The van der Waals surface area contributed by atoms with Gasteiger partial charge < -0.3 is 15.2 Å². The number of hydrogen-bond acceptors (Lipinski definition) is 7. The van der Waals surface area contributed by atoms with Crippen molar-refractivity contribution in [2.45, 2.75) is 35.8 Å². The van der Waals surface area contributed by atoms with E-state index in [1.807, 2.05) is 7.05 Å². The first-order valence-corrected chi connectivity index (χ1v) is 14.3. The molecule has 1 aromatic heterocycles. The van der Waals surface area contributed by atoms with Crippen LogP contribution in [0.25, 0.3) is 10.9 Å². The maximum atomic E-state index is 13.5. The standard InChI is InChI=1S/C24H29N7O4S2/c1-5-16-6-7-18-17(12-16)13-21(26-18)37(34,35)29-10-11-30(20(14-29)22(32)25-3)24(33)31-9-8-19-23(27-31)36-15(2)28(19)4/h1,6-7,12-13,15,19-20,26H,8-11,14H2,2-4H3,(H,25,32). The third-order valence-corrected chi connectivity index (χ3v) is 10.3. The number of H-pyrrole nitrogens is 1. The second-order valence-electron chi connectivity index (χ2n) is 9.30. The summed E-state index contributed by atoms with van der Waals surface area (Å²) in [5.74, 6) is 2.11. The zero-order valence-electron chi connectivity index (χ0n) is 20.8. The Kier molecular flexibility index (Phi) is 6.70. The van der Waals surface area contributed by atoms with Crippen molar-refractivity contribution in [2.75, 3.05) is 40.3 Å². The van der Waals surface area contributed by atoms with E-state index in [2.05, 4.69) is 33.1 Å². The molecule has 11 nitrogen and oxygen atoms in total. The molecule has 37 heavy (non-hydrogen) atoms. The van der Waals surface area contributed by atoms with E-state index in [0.29, 0.717) is 23.0 Å². The number of thioether (sulfide) groups is 1. The molecule has 0 bridgehead atoms. The summed E-state index contributed by atoms with van der Waals surface area (Å²) < 4.78 is 28.3. The fourth-order valence-electron chi connectivity index (χ4n) is 4.95. The molecule has 3 aliphatic heterocycles. The van der Waals surface area contributed by atoms with Gasteiger partial charge in [-0.25, -0.2) is 18.2 Å². The highest BCUT2D eigenvalue weighted by Crippen LogP contribution is 2.34. The van der Waals surface area contributed by atoms with Gasteiger partial charge in [0.05, 0.1) is 11.4 Å². The number of aromatic nitrogens is 1. The van der Waals surface area contributed by atoms with Crippen molar-refractivity contribution >= 4 is 49.7 Å². The Morgan fingerprint density at radius 2 is 2.03 bits per heavy atom. The number of nitrogens with one attached hydrogen (secondary N) is 2. The Bertz CT molecular complexity index is 1430. The monoisotopic (exact) mass is 543 g/mol. The first-order valence-electron chi connectivity index (χ1n) is 12.0. The molecule has 4 heterocycles. The van der Waals surface area contributed by atoms with Crippen LogP contribution in [0.1, 0.15) is 18.9 Å². The highest BCUT2D eigenvalue weighted by Gasteiger charge is 2.44. The second-order valence-corrected chi connectivity index (χ2v) is 12.5. The number of terminal acetylenes is 1. The highest BCUT2D eigenvalue weighted by atomic mass is 32.2. The van der Waals surface area contributed by atoms with Gasteiger partial charge in [-0.2, -0.15) is 9.41 Å². The number of benzene rings is 1. The fourth-order valence-corrected chi connectivity index (χ4v) is 7.65. The summed E-state index contributed by atoms with van der Waals surface area (Å²) in [4.78, 5) is 32.9. The number of hydrogen-bond donors (Lipinski definition) is 2. The second kappa shape index (κ2) is 9.68. The van der Waals surface area contributed by atoms with Crippen molar-refractivity contribution in [1.29, 1.82) is 0 Å². The maximum absolute atomic E-state index is 13.5. The van der Waals surface area contributed by atoms with E-state index in [0.717, 1.165) is 11.5 Å². The van der Waals surface area contributed by atoms with Gasteiger partial charge in [0.1, 0.15) is 16.1 Å². The van der Waals surface area contributed by atoms with Crippen LogP contribution < -0.4 is 5.32 Å². The summed E-state index contributed by atoms with van der Waals surface area (Å²) in [5, 5.41) is 10.4. The predicted octanol–water partition coefficient (Wildman–Crippen LogP) is 1.10. The summed E-state index contributed by atoms with van der Waals surface area (Å²) in [6.45, 7) is 2.47. The van der Waals surface area contributed by atoms with Crippen LogP contribution in [0.5, 0.6) is 0 Å². The molecule has 196 valence electrons. The minimum absolute atomic E-state index is 0.0112. The van der Waals surface area contributed by atoms with Gasteiger partial charge >= 0.3 is 6.03 Å². The van der Waals surface area contributed by atoms with E-state index in [4.69, 9.17) is 6.42 Å². The van der Waals surface area contributed by atoms with Crippen LogP contribution in [0.15, 0.2) is 34.4 Å². The molecule has 13 heteroatoms. The predicted molar refractivity (Wildman–Crippen MR) is 142 cm³/mol. The third-order valence-electron chi connectivity index (χ3n) is 7.21. The molecule has 3 amide bonds. The zero-order chi connectivity index (χ0) is 26.5. The number of carbonyl (C=O) groups is 2. The van der Waals surface area contributed by atoms with Gasteiger partial charge in [-0.05, 0) is 44.7 Å². The van der Waals surface area contributed by atoms with Crippen LogP contribution in [-0.4, -0.2) is 107 Å². The summed E-state index contributed by atoms with van der Waals surface area (Å²) >= 11 is 1.62. The third kappa shape index (κ3) is 4.48. The number of fused-ring (bicyclic) bond motifs is 2. The number of hydrazone groups is 1. The minimum Gasteiger partial charge on any atom is -0.357 e. The first kappa shape index (κ1) is 25.6. The van der Waals surface area contributed by atoms with Crippen LogP contribution in [0.4, 0.5) is 4.79 Å². The van der Waals surface area contributed by atoms with Gasteiger partial charge in [0.25, 0.3) is 10.0 Å². The number of piperazine rings is 1. The zero-order valence-corrected chi connectivity index (χ0v) is 22.5. The Morgan fingerprint density at radius 1 is 1.24 bits per heavy atom. The average Bonchev–Trinajstić information content (AvgIpc) is 3.47. The molecule has 0 spiro atoms. The molecule has 0 aliphatic carbocycles. The normalized spacial score (nSPS) is 25.0. The smallest absolute Gasteiger partial charge is 0.341 e. The number of rotatable bonds is 3. The lowest BCUT2D eigenvalue weighted by molar-refractivity contribution is -0.126. The number of aromatic amines is 1. The van der Waals surface area contributed by atoms with E-state index in [9.17, 15) is 18.0 Å². The molecule has 0 radical (unpaired) electrons. The number of carbonyl (C=O) groups excluding carboxylic acids is 2. The van der Waals surface area contributed by atoms with Crippen LogP contribution >= 0.6 is 11.8 Å². The van der Waals surface area contributed by atoms with Crippen molar-refractivity contribution in [2.24, 2.45) is 5.10 Å². The average molecular weight is 544 g/mol. The molecule has 2 N–H and O–H groups in total. The van der Waals surface area contributed by atoms with Gasteiger partial charge in [0.2, 0.25) is 5.91 Å². The van der Waals surface area contributed by atoms with Gasteiger partial charge in [0.15, 0.2) is 0 Å². The van der Waals surface area contributed by atoms with Gasteiger partial charge in [-0.3, -0.25) is 9.69 Å². The van der Waals surface area contributed by atoms with Crippen molar-refractivity contribution in [3.63, 3.8) is 0 Å². The molecular formula is C24H29N7O4S2. The molecule has 2 saturated heterocycles. The summed E-state index contributed by atoms with van der Waals surface area (Å²) in [6, 6.07) is 5.54. The van der Waals surface area contributed by atoms with Crippen molar-refractivity contribution in [1.82, 2.24) is 29.4 Å². The Labute approximate surface area is 220 Å². The lowest BCUT2D eigenvalue weighted by Crippen LogP contribution is -2.63. The maximum Gasteiger partial charge on any atom is 0.341 e. The fraction of sp³-hybridized carbons (Fsp3) is 0.458. The molecule has 3 unspecified atom stereocenters. The molecule has 2 aromatic rings. The van der Waals surface area contributed by atoms with E-state index in [1.165, 1.54) is 27.3 Å². The quantitative estimate of drug-likeness (QED) is 0.560.